The Morgan fingerprint density at radius 1 is 1.40 bits per heavy atom. The Bertz CT molecular complexity index is 189. The topological polar surface area (TPSA) is 32.3 Å². The third-order valence-electron chi connectivity index (χ3n) is 3.60. The fraction of sp³-hybridized carbons (Fsp3) is 1.00. The molecule has 0 aromatic heterocycles. The fourth-order valence-corrected chi connectivity index (χ4v) is 2.61. The van der Waals surface area contributed by atoms with E-state index in [1.807, 2.05) is 0 Å². The summed E-state index contributed by atoms with van der Waals surface area (Å²) in [7, 11) is 0. The Hall–Kier alpha value is -0.0800. The number of aliphatic hydroxyl groups excluding tert-OH is 1. The van der Waals surface area contributed by atoms with Gasteiger partial charge in [-0.1, -0.05) is 34.1 Å². The van der Waals surface area contributed by atoms with Crippen LogP contribution in [0.15, 0.2) is 0 Å². The van der Waals surface area contributed by atoms with Gasteiger partial charge in [0.2, 0.25) is 0 Å². The Morgan fingerprint density at radius 3 is 2.53 bits per heavy atom. The lowest BCUT2D eigenvalue weighted by Gasteiger charge is -2.29. The van der Waals surface area contributed by atoms with Crippen LogP contribution in [0.25, 0.3) is 0 Å². The first-order valence-electron chi connectivity index (χ1n) is 6.33. The number of aliphatic hydroxyl groups is 1. The van der Waals surface area contributed by atoms with Gasteiger partial charge in [-0.3, -0.25) is 0 Å². The second kappa shape index (κ2) is 5.31. The molecule has 90 valence electrons. The lowest BCUT2D eigenvalue weighted by molar-refractivity contribution is 0.134. The van der Waals surface area contributed by atoms with E-state index >= 15 is 0 Å². The number of hydrogen-bond donors (Lipinski definition) is 2. The second-order valence-electron chi connectivity index (χ2n) is 6.13. The van der Waals surface area contributed by atoms with Crippen molar-refractivity contribution in [1.29, 1.82) is 0 Å². The van der Waals surface area contributed by atoms with E-state index in [0.29, 0.717) is 17.4 Å². The van der Waals surface area contributed by atoms with Crippen LogP contribution in [0, 0.1) is 11.3 Å². The van der Waals surface area contributed by atoms with Gasteiger partial charge in [0, 0.05) is 12.6 Å². The SMILES string of the molecule is CC(C)CC(O)CNC1CCCC1(C)C. The van der Waals surface area contributed by atoms with Gasteiger partial charge in [-0.05, 0) is 30.6 Å². The van der Waals surface area contributed by atoms with E-state index in [1.54, 1.807) is 0 Å². The van der Waals surface area contributed by atoms with Gasteiger partial charge >= 0.3 is 0 Å². The summed E-state index contributed by atoms with van der Waals surface area (Å²) in [6.45, 7) is 9.72. The molecule has 1 fully saturated rings. The maximum Gasteiger partial charge on any atom is 0.0667 e. The summed E-state index contributed by atoms with van der Waals surface area (Å²) < 4.78 is 0. The van der Waals surface area contributed by atoms with Gasteiger partial charge in [0.15, 0.2) is 0 Å². The van der Waals surface area contributed by atoms with E-state index in [0.717, 1.165) is 13.0 Å². The normalized spacial score (nSPS) is 27.2. The van der Waals surface area contributed by atoms with E-state index in [9.17, 15) is 5.11 Å². The number of rotatable bonds is 5. The highest BCUT2D eigenvalue weighted by atomic mass is 16.3. The molecule has 2 N–H and O–H groups in total. The highest BCUT2D eigenvalue weighted by Gasteiger charge is 2.34. The average molecular weight is 213 g/mol. The van der Waals surface area contributed by atoms with Crippen LogP contribution in [-0.4, -0.2) is 23.8 Å². The molecule has 0 spiro atoms. The average Bonchev–Trinajstić information content (AvgIpc) is 2.40. The Balaban J connectivity index is 2.25. The van der Waals surface area contributed by atoms with Crippen LogP contribution < -0.4 is 5.32 Å². The van der Waals surface area contributed by atoms with E-state index in [4.69, 9.17) is 0 Å². The van der Waals surface area contributed by atoms with Gasteiger partial charge in [-0.2, -0.15) is 0 Å². The Labute approximate surface area is 94.5 Å². The highest BCUT2D eigenvalue weighted by Crippen LogP contribution is 2.37. The van der Waals surface area contributed by atoms with Crippen molar-refractivity contribution in [2.75, 3.05) is 6.54 Å². The highest BCUT2D eigenvalue weighted by molar-refractivity contribution is 4.90. The summed E-state index contributed by atoms with van der Waals surface area (Å²) in [5.41, 5.74) is 0.414. The van der Waals surface area contributed by atoms with Crippen molar-refractivity contribution >= 4 is 0 Å². The zero-order valence-electron chi connectivity index (χ0n) is 10.7. The minimum Gasteiger partial charge on any atom is -0.392 e. The van der Waals surface area contributed by atoms with Crippen molar-refractivity contribution in [3.05, 3.63) is 0 Å². The van der Waals surface area contributed by atoms with Crippen molar-refractivity contribution < 1.29 is 5.11 Å². The first kappa shape index (κ1) is 13.0. The second-order valence-corrected chi connectivity index (χ2v) is 6.13. The molecule has 0 aliphatic heterocycles. The fourth-order valence-electron chi connectivity index (χ4n) is 2.61. The molecular weight excluding hydrogens is 186 g/mol. The van der Waals surface area contributed by atoms with Crippen LogP contribution in [0.3, 0.4) is 0 Å². The van der Waals surface area contributed by atoms with Crippen LogP contribution in [0.5, 0.6) is 0 Å². The molecule has 0 saturated heterocycles. The molecule has 1 aliphatic rings. The third-order valence-corrected chi connectivity index (χ3v) is 3.60. The van der Waals surface area contributed by atoms with Crippen molar-refractivity contribution in [3.63, 3.8) is 0 Å². The Morgan fingerprint density at radius 2 is 2.07 bits per heavy atom. The van der Waals surface area contributed by atoms with Crippen LogP contribution in [0.4, 0.5) is 0 Å². The van der Waals surface area contributed by atoms with E-state index in [1.165, 1.54) is 19.3 Å². The molecule has 0 bridgehead atoms. The molecule has 2 nitrogen and oxygen atoms in total. The number of hydrogen-bond acceptors (Lipinski definition) is 2. The zero-order valence-corrected chi connectivity index (χ0v) is 10.7. The molecule has 0 aromatic carbocycles. The first-order valence-corrected chi connectivity index (χ1v) is 6.33. The molecule has 0 heterocycles. The summed E-state index contributed by atoms with van der Waals surface area (Å²) in [5, 5.41) is 13.3. The van der Waals surface area contributed by atoms with Gasteiger partial charge in [0.25, 0.3) is 0 Å². The van der Waals surface area contributed by atoms with E-state index < -0.39 is 0 Å². The molecular formula is C13H27NO. The molecule has 2 unspecified atom stereocenters. The van der Waals surface area contributed by atoms with Gasteiger partial charge in [0.05, 0.1) is 6.10 Å². The van der Waals surface area contributed by atoms with Gasteiger partial charge in [-0.15, -0.1) is 0 Å². The predicted octanol–water partition coefficient (Wildman–Crippen LogP) is 2.56. The molecule has 2 heteroatoms. The summed E-state index contributed by atoms with van der Waals surface area (Å²) in [4.78, 5) is 0. The van der Waals surface area contributed by atoms with E-state index in [2.05, 4.69) is 33.0 Å². The minimum atomic E-state index is -0.179. The predicted molar refractivity (Wildman–Crippen MR) is 64.9 cm³/mol. The van der Waals surface area contributed by atoms with Crippen LogP contribution >= 0.6 is 0 Å². The smallest absolute Gasteiger partial charge is 0.0667 e. The molecule has 15 heavy (non-hydrogen) atoms. The maximum absolute atomic E-state index is 9.79. The van der Waals surface area contributed by atoms with Crippen molar-refractivity contribution in [2.24, 2.45) is 11.3 Å². The third kappa shape index (κ3) is 4.12. The van der Waals surface area contributed by atoms with Crippen LogP contribution in [-0.2, 0) is 0 Å². The van der Waals surface area contributed by atoms with E-state index in [-0.39, 0.29) is 6.10 Å². The molecule has 2 atom stereocenters. The molecule has 1 rings (SSSR count). The van der Waals surface area contributed by atoms with Crippen molar-refractivity contribution in [1.82, 2.24) is 5.32 Å². The lowest BCUT2D eigenvalue weighted by Crippen LogP contribution is -2.41. The van der Waals surface area contributed by atoms with Gasteiger partial charge in [0.1, 0.15) is 0 Å². The molecule has 0 amide bonds. The molecule has 0 aromatic rings. The minimum absolute atomic E-state index is 0.179. The molecule has 1 aliphatic carbocycles. The quantitative estimate of drug-likeness (QED) is 0.735. The molecule has 1 saturated carbocycles. The molecule has 0 radical (unpaired) electrons. The lowest BCUT2D eigenvalue weighted by atomic mass is 9.87. The van der Waals surface area contributed by atoms with Crippen LogP contribution in [0.2, 0.25) is 0 Å². The van der Waals surface area contributed by atoms with Gasteiger partial charge < -0.3 is 10.4 Å². The zero-order chi connectivity index (χ0) is 11.5. The standard InChI is InChI=1S/C13H27NO/c1-10(2)8-11(15)9-14-12-6-5-7-13(12,3)4/h10-12,14-15H,5-9H2,1-4H3. The number of nitrogens with one attached hydrogen (secondary N) is 1. The summed E-state index contributed by atoms with van der Waals surface area (Å²) in [6.07, 6.45) is 4.62. The Kier molecular flexibility index (Phi) is 4.60. The first-order chi connectivity index (χ1) is 6.92. The summed E-state index contributed by atoms with van der Waals surface area (Å²) in [5.74, 6) is 0.582. The maximum atomic E-state index is 9.79. The monoisotopic (exact) mass is 213 g/mol. The summed E-state index contributed by atoms with van der Waals surface area (Å²) in [6, 6.07) is 0.597. The van der Waals surface area contributed by atoms with Crippen molar-refractivity contribution in [3.8, 4) is 0 Å². The van der Waals surface area contributed by atoms with Crippen LogP contribution in [0.1, 0.15) is 53.4 Å². The van der Waals surface area contributed by atoms with Crippen molar-refractivity contribution in [2.45, 2.75) is 65.5 Å². The summed E-state index contributed by atoms with van der Waals surface area (Å²) >= 11 is 0. The van der Waals surface area contributed by atoms with Gasteiger partial charge in [-0.25, -0.2) is 0 Å². The largest absolute Gasteiger partial charge is 0.392 e.